The highest BCUT2D eigenvalue weighted by Crippen LogP contribution is 2.40. The predicted octanol–water partition coefficient (Wildman–Crippen LogP) is 6.09. The van der Waals surface area contributed by atoms with Gasteiger partial charge in [0.15, 0.2) is 5.11 Å². The number of hydrogen-bond acceptors (Lipinski definition) is 1. The van der Waals surface area contributed by atoms with Crippen LogP contribution in [0.25, 0.3) is 0 Å². The molecule has 1 saturated carbocycles. The van der Waals surface area contributed by atoms with Crippen LogP contribution in [0.4, 0.5) is 5.69 Å². The van der Waals surface area contributed by atoms with Gasteiger partial charge in [0, 0.05) is 11.7 Å². The summed E-state index contributed by atoms with van der Waals surface area (Å²) in [5.74, 6) is 1.41. The van der Waals surface area contributed by atoms with Crippen LogP contribution in [0, 0.1) is 11.3 Å². The third-order valence-electron chi connectivity index (χ3n) is 5.91. The molecule has 1 aliphatic rings. The van der Waals surface area contributed by atoms with E-state index >= 15 is 0 Å². The molecule has 0 aliphatic heterocycles. The zero-order valence-corrected chi connectivity index (χ0v) is 16.8. The zero-order chi connectivity index (χ0) is 17.7. The van der Waals surface area contributed by atoms with Gasteiger partial charge in [0.25, 0.3) is 0 Å². The first kappa shape index (κ1) is 19.2. The predicted molar refractivity (Wildman–Crippen MR) is 110 cm³/mol. The first-order chi connectivity index (χ1) is 11.3. The Morgan fingerprint density at radius 1 is 1.12 bits per heavy atom. The van der Waals surface area contributed by atoms with E-state index in [1.165, 1.54) is 37.7 Å². The lowest BCUT2D eigenvalue weighted by atomic mass is 9.69. The van der Waals surface area contributed by atoms with E-state index in [-0.39, 0.29) is 0 Å². The molecular weight excluding hydrogens is 312 g/mol. The molecule has 2 N–H and O–H groups in total. The van der Waals surface area contributed by atoms with Gasteiger partial charge in [-0.1, -0.05) is 53.2 Å². The minimum Gasteiger partial charge on any atom is -0.360 e. The molecule has 0 aromatic heterocycles. The van der Waals surface area contributed by atoms with Gasteiger partial charge < -0.3 is 10.6 Å². The van der Waals surface area contributed by atoms with Gasteiger partial charge in [-0.2, -0.15) is 0 Å². The van der Waals surface area contributed by atoms with Crippen LogP contribution in [-0.2, 0) is 0 Å². The third-order valence-corrected chi connectivity index (χ3v) is 6.13. The maximum Gasteiger partial charge on any atom is 0.170 e. The molecule has 0 spiro atoms. The summed E-state index contributed by atoms with van der Waals surface area (Å²) in [6, 6.07) is 9.10. The largest absolute Gasteiger partial charge is 0.360 e. The lowest BCUT2D eigenvalue weighted by molar-refractivity contribution is 0.141. The molecule has 0 atom stereocenters. The maximum absolute atomic E-state index is 5.50. The lowest BCUT2D eigenvalue weighted by Crippen LogP contribution is -2.41. The van der Waals surface area contributed by atoms with E-state index in [4.69, 9.17) is 12.2 Å². The summed E-state index contributed by atoms with van der Waals surface area (Å²) >= 11 is 5.50. The van der Waals surface area contributed by atoms with E-state index in [0.717, 1.165) is 16.7 Å². The van der Waals surface area contributed by atoms with Gasteiger partial charge in [0.2, 0.25) is 0 Å². The van der Waals surface area contributed by atoms with Crippen molar-refractivity contribution in [1.29, 1.82) is 0 Å². The SMILES string of the molecule is CCC(C)(C)C1CCC(NC(=S)Nc2ccc(C(C)C)cc2)CC1. The Morgan fingerprint density at radius 2 is 1.71 bits per heavy atom. The van der Waals surface area contributed by atoms with E-state index < -0.39 is 0 Å². The number of benzene rings is 1. The first-order valence-corrected chi connectivity index (χ1v) is 9.90. The summed E-state index contributed by atoms with van der Waals surface area (Å²) in [5, 5.41) is 7.60. The molecule has 3 heteroatoms. The topological polar surface area (TPSA) is 24.1 Å². The third kappa shape index (κ3) is 5.20. The Balaban J connectivity index is 1.79. The summed E-state index contributed by atoms with van der Waals surface area (Å²) in [4.78, 5) is 0. The van der Waals surface area contributed by atoms with Crippen LogP contribution in [0.15, 0.2) is 24.3 Å². The Kier molecular flexibility index (Phi) is 6.68. The summed E-state index contributed by atoms with van der Waals surface area (Å²) in [6.45, 7) is 11.6. The average molecular weight is 347 g/mol. The van der Waals surface area contributed by atoms with Gasteiger partial charge >= 0.3 is 0 Å². The molecule has 0 saturated heterocycles. The zero-order valence-electron chi connectivity index (χ0n) is 16.0. The van der Waals surface area contributed by atoms with Crippen LogP contribution in [0.5, 0.6) is 0 Å². The van der Waals surface area contributed by atoms with E-state index in [1.54, 1.807) is 0 Å². The van der Waals surface area contributed by atoms with E-state index in [1.807, 2.05) is 0 Å². The second-order valence-corrected chi connectivity index (χ2v) is 8.67. The fourth-order valence-corrected chi connectivity index (χ4v) is 3.90. The van der Waals surface area contributed by atoms with Crippen LogP contribution in [0.3, 0.4) is 0 Å². The van der Waals surface area contributed by atoms with E-state index in [0.29, 0.717) is 17.4 Å². The second-order valence-electron chi connectivity index (χ2n) is 8.27. The summed E-state index contributed by atoms with van der Waals surface area (Å²) in [7, 11) is 0. The summed E-state index contributed by atoms with van der Waals surface area (Å²) in [5.41, 5.74) is 2.90. The van der Waals surface area contributed by atoms with Crippen LogP contribution in [0.1, 0.15) is 78.2 Å². The molecule has 1 fully saturated rings. The van der Waals surface area contributed by atoms with E-state index in [9.17, 15) is 0 Å². The Morgan fingerprint density at radius 3 is 2.21 bits per heavy atom. The van der Waals surface area contributed by atoms with Gasteiger partial charge in [0.05, 0.1) is 0 Å². The average Bonchev–Trinajstić information content (AvgIpc) is 2.55. The Labute approximate surface area is 153 Å². The quantitative estimate of drug-likeness (QED) is 0.631. The standard InChI is InChI=1S/C21H34N2S/c1-6-21(4,5)17-9-13-19(14-10-17)23-20(24)22-18-11-7-16(8-12-18)15(2)3/h7-8,11-12,15,17,19H,6,9-10,13-14H2,1-5H3,(H2,22,23,24). The van der Waals surface area contributed by atoms with Crippen molar-refractivity contribution >= 4 is 23.0 Å². The highest BCUT2D eigenvalue weighted by molar-refractivity contribution is 7.80. The summed E-state index contributed by atoms with van der Waals surface area (Å²) in [6.07, 6.45) is 6.33. The minimum absolute atomic E-state index is 0.474. The van der Waals surface area contributed by atoms with Gasteiger partial charge in [-0.05, 0) is 72.8 Å². The van der Waals surface area contributed by atoms with Gasteiger partial charge in [-0.3, -0.25) is 0 Å². The molecule has 2 rings (SSSR count). The smallest absolute Gasteiger partial charge is 0.170 e. The highest BCUT2D eigenvalue weighted by atomic mass is 32.1. The second kappa shape index (κ2) is 8.33. The number of anilines is 1. The van der Waals surface area contributed by atoms with Crippen LogP contribution >= 0.6 is 12.2 Å². The molecule has 1 aliphatic carbocycles. The van der Waals surface area contributed by atoms with Crippen molar-refractivity contribution in [2.45, 2.75) is 78.7 Å². The normalized spacial score (nSPS) is 21.6. The van der Waals surface area contributed by atoms with Gasteiger partial charge in [0.1, 0.15) is 0 Å². The molecule has 0 unspecified atom stereocenters. The molecule has 0 amide bonds. The molecule has 0 heterocycles. The Hall–Kier alpha value is -1.09. The minimum atomic E-state index is 0.474. The van der Waals surface area contributed by atoms with Crippen molar-refractivity contribution in [3.8, 4) is 0 Å². The molecule has 0 bridgehead atoms. The Bertz CT molecular complexity index is 525. The van der Waals surface area contributed by atoms with Crippen molar-refractivity contribution in [2.24, 2.45) is 11.3 Å². The van der Waals surface area contributed by atoms with Crippen LogP contribution < -0.4 is 10.6 Å². The first-order valence-electron chi connectivity index (χ1n) is 9.49. The number of hydrogen-bond donors (Lipinski definition) is 2. The van der Waals surface area contributed by atoms with Crippen molar-refractivity contribution in [3.63, 3.8) is 0 Å². The number of rotatable bonds is 5. The molecule has 1 aromatic carbocycles. The number of thiocarbonyl (C=S) groups is 1. The van der Waals surface area contributed by atoms with Crippen molar-refractivity contribution in [1.82, 2.24) is 5.32 Å². The molecule has 2 nitrogen and oxygen atoms in total. The highest BCUT2D eigenvalue weighted by Gasteiger charge is 2.31. The van der Waals surface area contributed by atoms with Gasteiger partial charge in [-0.15, -0.1) is 0 Å². The van der Waals surface area contributed by atoms with Crippen LogP contribution in [0.2, 0.25) is 0 Å². The van der Waals surface area contributed by atoms with Crippen LogP contribution in [-0.4, -0.2) is 11.2 Å². The summed E-state index contributed by atoms with van der Waals surface area (Å²) < 4.78 is 0. The van der Waals surface area contributed by atoms with Crippen molar-refractivity contribution in [3.05, 3.63) is 29.8 Å². The van der Waals surface area contributed by atoms with E-state index in [2.05, 4.69) is 69.5 Å². The fourth-order valence-electron chi connectivity index (χ4n) is 3.61. The molecule has 1 aromatic rings. The lowest BCUT2D eigenvalue weighted by Gasteiger charge is -2.39. The molecule has 0 radical (unpaired) electrons. The maximum atomic E-state index is 5.50. The molecular formula is C21H34N2S. The van der Waals surface area contributed by atoms with Gasteiger partial charge in [-0.25, -0.2) is 0 Å². The fraction of sp³-hybridized carbons (Fsp3) is 0.667. The van der Waals surface area contributed by atoms with Crippen molar-refractivity contribution < 1.29 is 0 Å². The molecule has 24 heavy (non-hydrogen) atoms. The monoisotopic (exact) mass is 346 g/mol. The van der Waals surface area contributed by atoms with Crippen molar-refractivity contribution in [2.75, 3.05) is 5.32 Å². The number of nitrogens with one attached hydrogen (secondary N) is 2. The molecule has 134 valence electrons.